The molecule has 4 nitrogen and oxygen atoms in total. The maximum Gasteiger partial charge on any atom is 0.213 e. The molecule has 1 aromatic heterocycles. The van der Waals surface area contributed by atoms with E-state index in [0.717, 1.165) is 5.69 Å². The largest absolute Gasteiger partial charge is 0.485 e. The summed E-state index contributed by atoms with van der Waals surface area (Å²) < 4.78 is 10.6. The van der Waals surface area contributed by atoms with Gasteiger partial charge in [0.05, 0.1) is 18.5 Å². The number of aromatic nitrogens is 1. The molecule has 0 unspecified atom stereocenters. The Kier molecular flexibility index (Phi) is 3.45. The molecule has 0 aliphatic carbocycles. The van der Waals surface area contributed by atoms with Gasteiger partial charge in [-0.15, -0.1) is 0 Å². The maximum atomic E-state index is 5.77. The van der Waals surface area contributed by atoms with E-state index in [2.05, 4.69) is 4.98 Å². The van der Waals surface area contributed by atoms with Gasteiger partial charge < -0.3 is 15.2 Å². The van der Waals surface area contributed by atoms with Crippen LogP contribution in [-0.2, 0) is 6.61 Å². The van der Waals surface area contributed by atoms with Crippen LogP contribution in [0.3, 0.4) is 0 Å². The molecule has 0 atom stereocenters. The minimum Gasteiger partial charge on any atom is -0.485 e. The van der Waals surface area contributed by atoms with Crippen LogP contribution in [0.1, 0.15) is 5.69 Å². The Balaban J connectivity index is 2.05. The smallest absolute Gasteiger partial charge is 0.213 e. The Bertz CT molecular complexity index is 500. The van der Waals surface area contributed by atoms with Crippen LogP contribution in [0.4, 0.5) is 5.69 Å². The van der Waals surface area contributed by atoms with Gasteiger partial charge in [-0.3, -0.25) is 0 Å². The Hall–Kier alpha value is -2.23. The lowest BCUT2D eigenvalue weighted by Crippen LogP contribution is -2.01. The highest BCUT2D eigenvalue weighted by atomic mass is 16.5. The summed E-state index contributed by atoms with van der Waals surface area (Å²) in [5, 5.41) is 0. The summed E-state index contributed by atoms with van der Waals surface area (Å²) in [6, 6.07) is 12.9. The number of hydrogen-bond acceptors (Lipinski definition) is 4. The fourth-order valence-corrected chi connectivity index (χ4v) is 1.42. The Morgan fingerprint density at radius 2 is 1.94 bits per heavy atom. The predicted molar refractivity (Wildman–Crippen MR) is 66.0 cm³/mol. The topological polar surface area (TPSA) is 57.4 Å². The first-order chi connectivity index (χ1) is 8.29. The molecule has 0 saturated heterocycles. The van der Waals surface area contributed by atoms with E-state index in [1.165, 1.54) is 0 Å². The van der Waals surface area contributed by atoms with Crippen molar-refractivity contribution in [1.82, 2.24) is 4.98 Å². The standard InChI is InChI=1S/C13H14N2O2/c1-16-13-8-4-5-10(15-13)9-17-12-7-3-2-6-11(12)14/h2-8H,9,14H2,1H3. The number of ether oxygens (including phenoxy) is 2. The molecule has 0 saturated carbocycles. The lowest BCUT2D eigenvalue weighted by atomic mass is 10.3. The molecular weight excluding hydrogens is 216 g/mol. The Morgan fingerprint density at radius 1 is 1.12 bits per heavy atom. The van der Waals surface area contributed by atoms with Gasteiger partial charge in [-0.2, -0.15) is 0 Å². The van der Waals surface area contributed by atoms with Crippen molar-refractivity contribution >= 4 is 5.69 Å². The highest BCUT2D eigenvalue weighted by Gasteiger charge is 2.01. The van der Waals surface area contributed by atoms with E-state index in [1.54, 1.807) is 19.2 Å². The molecule has 4 heteroatoms. The molecule has 0 amide bonds. The van der Waals surface area contributed by atoms with Crippen molar-refractivity contribution in [2.24, 2.45) is 0 Å². The average Bonchev–Trinajstić information content (AvgIpc) is 2.38. The first kappa shape index (κ1) is 11.3. The van der Waals surface area contributed by atoms with Crippen molar-refractivity contribution < 1.29 is 9.47 Å². The van der Waals surface area contributed by atoms with Crippen LogP contribution < -0.4 is 15.2 Å². The van der Waals surface area contributed by atoms with Gasteiger partial charge in [0.15, 0.2) is 0 Å². The molecule has 0 aliphatic heterocycles. The van der Waals surface area contributed by atoms with Crippen LogP contribution in [0, 0.1) is 0 Å². The zero-order valence-electron chi connectivity index (χ0n) is 9.59. The normalized spacial score (nSPS) is 9.94. The van der Waals surface area contributed by atoms with E-state index in [1.807, 2.05) is 30.3 Å². The zero-order chi connectivity index (χ0) is 12.1. The van der Waals surface area contributed by atoms with Crippen molar-refractivity contribution in [1.29, 1.82) is 0 Å². The van der Waals surface area contributed by atoms with E-state index in [-0.39, 0.29) is 0 Å². The lowest BCUT2D eigenvalue weighted by Gasteiger charge is -2.08. The van der Waals surface area contributed by atoms with Crippen molar-refractivity contribution in [3.63, 3.8) is 0 Å². The average molecular weight is 230 g/mol. The number of nitrogens with two attached hydrogens (primary N) is 1. The second-order valence-electron chi connectivity index (χ2n) is 3.50. The van der Waals surface area contributed by atoms with Crippen LogP contribution >= 0.6 is 0 Å². The van der Waals surface area contributed by atoms with Gasteiger partial charge in [0, 0.05) is 6.07 Å². The van der Waals surface area contributed by atoms with Crippen LogP contribution in [0.25, 0.3) is 0 Å². The third kappa shape index (κ3) is 2.87. The highest BCUT2D eigenvalue weighted by Crippen LogP contribution is 2.21. The summed E-state index contributed by atoms with van der Waals surface area (Å²) in [4.78, 5) is 4.25. The monoisotopic (exact) mass is 230 g/mol. The van der Waals surface area contributed by atoms with E-state index in [9.17, 15) is 0 Å². The van der Waals surface area contributed by atoms with Crippen molar-refractivity contribution in [3.8, 4) is 11.6 Å². The molecule has 1 aromatic carbocycles. The third-order valence-corrected chi connectivity index (χ3v) is 2.28. The third-order valence-electron chi connectivity index (χ3n) is 2.28. The van der Waals surface area contributed by atoms with E-state index in [0.29, 0.717) is 23.9 Å². The number of hydrogen-bond donors (Lipinski definition) is 1. The lowest BCUT2D eigenvalue weighted by molar-refractivity contribution is 0.299. The SMILES string of the molecule is COc1cccc(COc2ccccc2N)n1. The number of pyridine rings is 1. The maximum absolute atomic E-state index is 5.77. The van der Waals surface area contributed by atoms with E-state index >= 15 is 0 Å². The Labute approximate surface area is 100 Å². The van der Waals surface area contributed by atoms with Gasteiger partial charge in [-0.25, -0.2) is 4.98 Å². The number of nitrogen functional groups attached to an aromatic ring is 1. The van der Waals surface area contributed by atoms with Crippen molar-refractivity contribution in [3.05, 3.63) is 48.2 Å². The first-order valence-electron chi connectivity index (χ1n) is 5.27. The van der Waals surface area contributed by atoms with Crippen LogP contribution in [0.15, 0.2) is 42.5 Å². The first-order valence-corrected chi connectivity index (χ1v) is 5.27. The highest BCUT2D eigenvalue weighted by molar-refractivity contribution is 5.51. The van der Waals surface area contributed by atoms with Crippen molar-refractivity contribution in [2.45, 2.75) is 6.61 Å². The fourth-order valence-electron chi connectivity index (χ4n) is 1.42. The summed E-state index contributed by atoms with van der Waals surface area (Å²) >= 11 is 0. The molecule has 2 N–H and O–H groups in total. The van der Waals surface area contributed by atoms with Crippen LogP contribution in [0.2, 0.25) is 0 Å². The summed E-state index contributed by atoms with van der Waals surface area (Å²) in [7, 11) is 1.59. The van der Waals surface area contributed by atoms with Gasteiger partial charge in [0.1, 0.15) is 12.4 Å². The second-order valence-corrected chi connectivity index (χ2v) is 3.50. The summed E-state index contributed by atoms with van der Waals surface area (Å²) in [6.07, 6.45) is 0. The minimum atomic E-state index is 0.366. The molecule has 17 heavy (non-hydrogen) atoms. The number of rotatable bonds is 4. The van der Waals surface area contributed by atoms with E-state index < -0.39 is 0 Å². The molecule has 88 valence electrons. The molecule has 2 aromatic rings. The molecule has 0 aliphatic rings. The minimum absolute atomic E-state index is 0.366. The number of para-hydroxylation sites is 2. The van der Waals surface area contributed by atoms with E-state index in [4.69, 9.17) is 15.2 Å². The van der Waals surface area contributed by atoms with Gasteiger partial charge in [-0.05, 0) is 18.2 Å². The second kappa shape index (κ2) is 5.21. The Morgan fingerprint density at radius 3 is 2.71 bits per heavy atom. The number of anilines is 1. The predicted octanol–water partition coefficient (Wildman–Crippen LogP) is 2.25. The summed E-state index contributed by atoms with van der Waals surface area (Å²) in [5.74, 6) is 1.24. The molecule has 0 spiro atoms. The van der Waals surface area contributed by atoms with Gasteiger partial charge in [0.2, 0.25) is 5.88 Å². The van der Waals surface area contributed by atoms with Gasteiger partial charge in [0.25, 0.3) is 0 Å². The van der Waals surface area contributed by atoms with Gasteiger partial charge >= 0.3 is 0 Å². The molecule has 2 rings (SSSR count). The summed E-state index contributed by atoms with van der Waals surface area (Å²) in [5.41, 5.74) is 7.19. The zero-order valence-corrected chi connectivity index (χ0v) is 9.59. The fraction of sp³-hybridized carbons (Fsp3) is 0.154. The molecule has 1 heterocycles. The molecule has 0 fully saturated rings. The van der Waals surface area contributed by atoms with Crippen LogP contribution in [-0.4, -0.2) is 12.1 Å². The number of nitrogens with zero attached hydrogens (tertiary/aromatic N) is 1. The summed E-state index contributed by atoms with van der Waals surface area (Å²) in [6.45, 7) is 0.366. The molecule has 0 radical (unpaired) electrons. The quantitative estimate of drug-likeness (QED) is 0.818. The molecule has 0 bridgehead atoms. The van der Waals surface area contributed by atoms with Crippen LogP contribution in [0.5, 0.6) is 11.6 Å². The van der Waals surface area contributed by atoms with Gasteiger partial charge in [-0.1, -0.05) is 18.2 Å². The molecular formula is C13H14N2O2. The number of benzene rings is 1. The van der Waals surface area contributed by atoms with Crippen molar-refractivity contribution in [2.75, 3.05) is 12.8 Å². The number of methoxy groups -OCH3 is 1.